The summed E-state index contributed by atoms with van der Waals surface area (Å²) >= 11 is 0. The van der Waals surface area contributed by atoms with Crippen LogP contribution in [0, 0.1) is 11.8 Å². The fourth-order valence-corrected chi connectivity index (χ4v) is 2.59. The molecule has 16 heavy (non-hydrogen) atoms. The van der Waals surface area contributed by atoms with E-state index in [4.69, 9.17) is 0 Å². The third-order valence-electron chi connectivity index (χ3n) is 3.72. The monoisotopic (exact) mass is 224 g/mol. The van der Waals surface area contributed by atoms with Crippen molar-refractivity contribution in [3.63, 3.8) is 0 Å². The molecule has 0 bridgehead atoms. The SMILES string of the molecule is CC1CCC(C(=O)N2CCNC(=O)C2)CC1. The minimum Gasteiger partial charge on any atom is -0.353 e. The molecule has 1 saturated carbocycles. The number of amides is 2. The molecule has 0 aromatic carbocycles. The number of nitrogens with one attached hydrogen (secondary N) is 1. The largest absolute Gasteiger partial charge is 0.353 e. The first-order valence-corrected chi connectivity index (χ1v) is 6.22. The molecule has 2 amide bonds. The smallest absolute Gasteiger partial charge is 0.239 e. The normalized spacial score (nSPS) is 31.1. The number of hydrogen-bond donors (Lipinski definition) is 1. The highest BCUT2D eigenvalue weighted by atomic mass is 16.2. The molecule has 0 atom stereocenters. The van der Waals surface area contributed by atoms with Gasteiger partial charge in [0.15, 0.2) is 0 Å². The van der Waals surface area contributed by atoms with E-state index in [0.717, 1.165) is 31.6 Å². The molecule has 1 N–H and O–H groups in total. The van der Waals surface area contributed by atoms with E-state index in [1.807, 2.05) is 0 Å². The van der Waals surface area contributed by atoms with Crippen LogP contribution in [0.3, 0.4) is 0 Å². The van der Waals surface area contributed by atoms with Gasteiger partial charge < -0.3 is 10.2 Å². The number of piperazine rings is 1. The first-order valence-electron chi connectivity index (χ1n) is 6.22. The average Bonchev–Trinajstić information content (AvgIpc) is 2.29. The molecule has 4 heteroatoms. The molecule has 1 aliphatic heterocycles. The van der Waals surface area contributed by atoms with Crippen molar-refractivity contribution in [3.8, 4) is 0 Å². The van der Waals surface area contributed by atoms with Crippen molar-refractivity contribution in [2.24, 2.45) is 11.8 Å². The minimum absolute atomic E-state index is 0.0243. The van der Waals surface area contributed by atoms with Gasteiger partial charge in [0.25, 0.3) is 0 Å². The molecule has 0 aromatic heterocycles. The van der Waals surface area contributed by atoms with Crippen molar-refractivity contribution in [2.45, 2.75) is 32.6 Å². The molecule has 2 fully saturated rings. The van der Waals surface area contributed by atoms with Crippen molar-refractivity contribution in [2.75, 3.05) is 19.6 Å². The lowest BCUT2D eigenvalue weighted by Gasteiger charge is -2.32. The zero-order valence-corrected chi connectivity index (χ0v) is 9.87. The number of carbonyl (C=O) groups is 2. The molecule has 0 unspecified atom stereocenters. The van der Waals surface area contributed by atoms with Crippen molar-refractivity contribution < 1.29 is 9.59 Å². The van der Waals surface area contributed by atoms with Gasteiger partial charge in [-0.15, -0.1) is 0 Å². The van der Waals surface area contributed by atoms with Gasteiger partial charge in [-0.3, -0.25) is 9.59 Å². The van der Waals surface area contributed by atoms with Crippen LogP contribution in [0.4, 0.5) is 0 Å². The van der Waals surface area contributed by atoms with E-state index in [-0.39, 0.29) is 24.3 Å². The highest BCUT2D eigenvalue weighted by Gasteiger charge is 2.30. The Morgan fingerprint density at radius 3 is 2.62 bits per heavy atom. The van der Waals surface area contributed by atoms with E-state index in [1.54, 1.807) is 4.90 Å². The molecule has 1 saturated heterocycles. The Hall–Kier alpha value is -1.06. The molecule has 1 heterocycles. The van der Waals surface area contributed by atoms with Gasteiger partial charge in [0.05, 0.1) is 6.54 Å². The van der Waals surface area contributed by atoms with Gasteiger partial charge in [-0.05, 0) is 31.6 Å². The molecule has 1 aliphatic carbocycles. The fraction of sp³-hybridized carbons (Fsp3) is 0.833. The molecule has 0 radical (unpaired) electrons. The summed E-state index contributed by atoms with van der Waals surface area (Å²) in [6.45, 7) is 3.78. The molecule has 2 aliphatic rings. The summed E-state index contributed by atoms with van der Waals surface area (Å²) in [7, 11) is 0. The lowest BCUT2D eigenvalue weighted by Crippen LogP contribution is -2.51. The maximum absolute atomic E-state index is 12.2. The van der Waals surface area contributed by atoms with E-state index in [2.05, 4.69) is 12.2 Å². The lowest BCUT2D eigenvalue weighted by atomic mass is 9.82. The Morgan fingerprint density at radius 2 is 2.00 bits per heavy atom. The van der Waals surface area contributed by atoms with Crippen LogP contribution in [0.5, 0.6) is 0 Å². The van der Waals surface area contributed by atoms with E-state index in [0.29, 0.717) is 13.1 Å². The summed E-state index contributed by atoms with van der Waals surface area (Å²) in [6, 6.07) is 0. The fourth-order valence-electron chi connectivity index (χ4n) is 2.59. The molecule has 0 spiro atoms. The Kier molecular flexibility index (Phi) is 3.46. The van der Waals surface area contributed by atoms with Crippen LogP contribution in [-0.2, 0) is 9.59 Å². The lowest BCUT2D eigenvalue weighted by molar-refractivity contribution is -0.142. The number of rotatable bonds is 1. The van der Waals surface area contributed by atoms with Crippen LogP contribution < -0.4 is 5.32 Å². The van der Waals surface area contributed by atoms with Crippen molar-refractivity contribution in [3.05, 3.63) is 0 Å². The second-order valence-electron chi connectivity index (χ2n) is 5.07. The molecule has 90 valence electrons. The van der Waals surface area contributed by atoms with Gasteiger partial charge >= 0.3 is 0 Å². The topological polar surface area (TPSA) is 49.4 Å². The van der Waals surface area contributed by atoms with Gasteiger partial charge in [-0.1, -0.05) is 6.92 Å². The molecule has 0 aromatic rings. The summed E-state index contributed by atoms with van der Waals surface area (Å²) in [5.74, 6) is 1.10. The van der Waals surface area contributed by atoms with Gasteiger partial charge in [-0.2, -0.15) is 0 Å². The number of nitrogens with zero attached hydrogens (tertiary/aromatic N) is 1. The van der Waals surface area contributed by atoms with Crippen LogP contribution in [0.1, 0.15) is 32.6 Å². The summed E-state index contributed by atoms with van der Waals surface area (Å²) in [6.07, 6.45) is 4.29. The standard InChI is InChI=1S/C12H20N2O2/c1-9-2-4-10(5-3-9)12(16)14-7-6-13-11(15)8-14/h9-10H,2-8H2,1H3,(H,13,15). The Morgan fingerprint density at radius 1 is 1.31 bits per heavy atom. The van der Waals surface area contributed by atoms with Crippen LogP contribution in [0.25, 0.3) is 0 Å². The van der Waals surface area contributed by atoms with Crippen molar-refractivity contribution in [1.29, 1.82) is 0 Å². The van der Waals surface area contributed by atoms with Crippen molar-refractivity contribution >= 4 is 11.8 Å². The highest BCUT2D eigenvalue weighted by molar-refractivity contribution is 5.87. The predicted molar refractivity (Wildman–Crippen MR) is 60.7 cm³/mol. The van der Waals surface area contributed by atoms with Crippen LogP contribution in [0.15, 0.2) is 0 Å². The van der Waals surface area contributed by atoms with Gasteiger partial charge in [0.1, 0.15) is 0 Å². The Labute approximate surface area is 96.4 Å². The Bertz CT molecular complexity index is 283. The first-order chi connectivity index (χ1) is 7.66. The number of hydrogen-bond acceptors (Lipinski definition) is 2. The summed E-state index contributed by atoms with van der Waals surface area (Å²) in [5.41, 5.74) is 0. The molecule has 4 nitrogen and oxygen atoms in total. The van der Waals surface area contributed by atoms with Gasteiger partial charge in [0, 0.05) is 19.0 Å². The van der Waals surface area contributed by atoms with E-state index in [9.17, 15) is 9.59 Å². The van der Waals surface area contributed by atoms with E-state index >= 15 is 0 Å². The maximum Gasteiger partial charge on any atom is 0.239 e. The Balaban J connectivity index is 1.89. The predicted octanol–water partition coefficient (Wildman–Crippen LogP) is 0.771. The summed E-state index contributed by atoms with van der Waals surface area (Å²) in [4.78, 5) is 25.1. The zero-order valence-electron chi connectivity index (χ0n) is 9.87. The van der Waals surface area contributed by atoms with Gasteiger partial charge in [-0.25, -0.2) is 0 Å². The quantitative estimate of drug-likeness (QED) is 0.715. The second-order valence-corrected chi connectivity index (χ2v) is 5.07. The van der Waals surface area contributed by atoms with E-state index < -0.39 is 0 Å². The zero-order chi connectivity index (χ0) is 11.5. The average molecular weight is 224 g/mol. The summed E-state index contributed by atoms with van der Waals surface area (Å²) in [5, 5.41) is 2.74. The molecular weight excluding hydrogens is 204 g/mol. The maximum atomic E-state index is 12.2. The molecular formula is C12H20N2O2. The molecule has 2 rings (SSSR count). The van der Waals surface area contributed by atoms with Gasteiger partial charge in [0.2, 0.25) is 11.8 Å². The highest BCUT2D eigenvalue weighted by Crippen LogP contribution is 2.29. The second kappa shape index (κ2) is 4.85. The van der Waals surface area contributed by atoms with E-state index in [1.165, 1.54) is 0 Å². The van der Waals surface area contributed by atoms with Crippen molar-refractivity contribution in [1.82, 2.24) is 10.2 Å². The third kappa shape index (κ3) is 2.54. The van der Waals surface area contributed by atoms with Crippen LogP contribution >= 0.6 is 0 Å². The first kappa shape index (κ1) is 11.4. The third-order valence-corrected chi connectivity index (χ3v) is 3.72. The van der Waals surface area contributed by atoms with Crippen LogP contribution in [-0.4, -0.2) is 36.3 Å². The summed E-state index contributed by atoms with van der Waals surface area (Å²) < 4.78 is 0. The minimum atomic E-state index is -0.0243. The van der Waals surface area contributed by atoms with Crippen LogP contribution in [0.2, 0.25) is 0 Å². The number of carbonyl (C=O) groups excluding carboxylic acids is 2.